The number of benzene rings is 2. The largest absolute Gasteiger partial charge is 0.490 e. The molecule has 0 saturated carbocycles. The van der Waals surface area contributed by atoms with E-state index in [1.54, 1.807) is 13.0 Å². The molecule has 3 amide bonds. The molecule has 11 nitrogen and oxygen atoms in total. The molecule has 3 aromatic rings. The van der Waals surface area contributed by atoms with Gasteiger partial charge in [-0.1, -0.05) is 17.7 Å². The van der Waals surface area contributed by atoms with Crippen molar-refractivity contribution in [1.29, 1.82) is 0 Å². The van der Waals surface area contributed by atoms with E-state index in [1.165, 1.54) is 43.5 Å². The van der Waals surface area contributed by atoms with E-state index in [-0.39, 0.29) is 44.6 Å². The van der Waals surface area contributed by atoms with Crippen LogP contribution in [0.1, 0.15) is 22.8 Å². The Morgan fingerprint density at radius 2 is 1.93 bits per heavy atom. The fraction of sp³-hybridized carbons (Fsp3) is 0.154. The van der Waals surface area contributed by atoms with Crippen molar-refractivity contribution < 1.29 is 37.8 Å². The maximum absolute atomic E-state index is 14.0. The summed E-state index contributed by atoms with van der Waals surface area (Å²) in [6.07, 6.45) is 2.31. The fourth-order valence-electron chi connectivity index (χ4n) is 3.48. The first-order chi connectivity index (χ1) is 19.6. The summed E-state index contributed by atoms with van der Waals surface area (Å²) >= 11 is 12.4. The van der Waals surface area contributed by atoms with Gasteiger partial charge in [-0.25, -0.2) is 9.78 Å². The number of amides is 3. The van der Waals surface area contributed by atoms with Crippen molar-refractivity contribution in [2.24, 2.45) is 0 Å². The SMILES string of the molecule is CCOc1cc(/C=C2/SC(=O)N(CC(=O)Nc3ccc(Cl)c(C(=O)OC)c3)C2=O)ccc1Oc1nc(Cl)ncc1F. The highest BCUT2D eigenvalue weighted by Crippen LogP contribution is 2.36. The number of ether oxygens (including phenoxy) is 3. The van der Waals surface area contributed by atoms with Gasteiger partial charge >= 0.3 is 5.97 Å². The van der Waals surface area contributed by atoms with Crippen LogP contribution in [-0.2, 0) is 14.3 Å². The van der Waals surface area contributed by atoms with E-state index in [0.29, 0.717) is 17.3 Å². The number of carbonyl (C=O) groups is 4. The Morgan fingerprint density at radius 1 is 1.15 bits per heavy atom. The quantitative estimate of drug-likeness (QED) is 0.183. The zero-order valence-corrected chi connectivity index (χ0v) is 23.6. The van der Waals surface area contributed by atoms with Gasteiger partial charge < -0.3 is 19.5 Å². The van der Waals surface area contributed by atoms with Crippen LogP contribution >= 0.6 is 35.0 Å². The lowest BCUT2D eigenvalue weighted by Gasteiger charge is -2.13. The van der Waals surface area contributed by atoms with Crippen LogP contribution in [0.2, 0.25) is 10.3 Å². The maximum Gasteiger partial charge on any atom is 0.339 e. The molecule has 212 valence electrons. The third-order valence-corrected chi connectivity index (χ3v) is 6.70. The van der Waals surface area contributed by atoms with Crippen molar-refractivity contribution in [3.63, 3.8) is 0 Å². The van der Waals surface area contributed by atoms with Gasteiger partial charge in [-0.2, -0.15) is 9.37 Å². The summed E-state index contributed by atoms with van der Waals surface area (Å²) in [5.41, 5.74) is 0.723. The Balaban J connectivity index is 1.48. The summed E-state index contributed by atoms with van der Waals surface area (Å²) < 4.78 is 29.8. The first kappa shape index (κ1) is 29.8. The highest BCUT2D eigenvalue weighted by molar-refractivity contribution is 8.18. The standard InChI is InChI=1S/C26H19Cl2FN4O7S/c1-3-39-19-8-13(4-7-18(19)40-22-17(29)11-30-25(28)32-22)9-20-23(35)33(26(37)41-20)12-21(34)31-14-5-6-16(27)15(10-14)24(36)38-2/h4-11H,3,12H2,1-2H3,(H,31,34)/b20-9+. The van der Waals surface area contributed by atoms with Crippen LogP contribution < -0.4 is 14.8 Å². The number of halogens is 3. The summed E-state index contributed by atoms with van der Waals surface area (Å²) in [7, 11) is 1.19. The molecule has 0 bridgehead atoms. The van der Waals surface area contributed by atoms with Crippen LogP contribution in [-0.4, -0.2) is 58.2 Å². The summed E-state index contributed by atoms with van der Waals surface area (Å²) in [5, 5.41) is 1.79. The van der Waals surface area contributed by atoms with E-state index in [9.17, 15) is 23.6 Å². The predicted octanol–water partition coefficient (Wildman–Crippen LogP) is 5.58. The molecule has 0 unspecified atom stereocenters. The van der Waals surface area contributed by atoms with Crippen molar-refractivity contribution in [3.8, 4) is 17.4 Å². The first-order valence-electron chi connectivity index (χ1n) is 11.7. The minimum Gasteiger partial charge on any atom is -0.490 e. The predicted molar refractivity (Wildman–Crippen MR) is 149 cm³/mol. The summed E-state index contributed by atoms with van der Waals surface area (Å²) in [4.78, 5) is 58.0. The topological polar surface area (TPSA) is 137 Å². The molecule has 0 spiro atoms. The zero-order valence-electron chi connectivity index (χ0n) is 21.3. The van der Waals surface area contributed by atoms with Gasteiger partial charge in [0.25, 0.3) is 17.0 Å². The van der Waals surface area contributed by atoms with E-state index in [4.69, 9.17) is 32.7 Å². The summed E-state index contributed by atoms with van der Waals surface area (Å²) in [6, 6.07) is 8.73. The minimum absolute atomic E-state index is 0.0369. The molecule has 1 aromatic heterocycles. The lowest BCUT2D eigenvalue weighted by Crippen LogP contribution is -2.36. The Kier molecular flexibility index (Phi) is 9.42. The van der Waals surface area contributed by atoms with E-state index >= 15 is 0 Å². The van der Waals surface area contributed by atoms with Gasteiger partial charge in [0.15, 0.2) is 11.5 Å². The van der Waals surface area contributed by atoms with E-state index < -0.39 is 41.3 Å². The van der Waals surface area contributed by atoms with Gasteiger partial charge in [0, 0.05) is 5.69 Å². The summed E-state index contributed by atoms with van der Waals surface area (Å²) in [5.74, 6) is -2.96. The van der Waals surface area contributed by atoms with Crippen LogP contribution in [0.3, 0.4) is 0 Å². The lowest BCUT2D eigenvalue weighted by molar-refractivity contribution is -0.127. The van der Waals surface area contributed by atoms with Crippen LogP contribution in [0.5, 0.6) is 17.4 Å². The highest BCUT2D eigenvalue weighted by atomic mass is 35.5. The van der Waals surface area contributed by atoms with E-state index in [2.05, 4.69) is 20.0 Å². The second-order valence-electron chi connectivity index (χ2n) is 8.04. The number of hydrogen-bond donors (Lipinski definition) is 1. The number of anilines is 1. The van der Waals surface area contributed by atoms with Crippen LogP contribution in [0.15, 0.2) is 47.5 Å². The molecule has 2 heterocycles. The zero-order chi connectivity index (χ0) is 29.7. The molecular weight excluding hydrogens is 602 g/mol. The normalized spacial score (nSPS) is 13.9. The Labute approximate surface area is 246 Å². The van der Waals surface area contributed by atoms with Crippen molar-refractivity contribution in [3.05, 3.63) is 74.8 Å². The molecule has 1 aliphatic rings. The van der Waals surface area contributed by atoms with Gasteiger partial charge in [0.1, 0.15) is 6.54 Å². The van der Waals surface area contributed by atoms with Gasteiger partial charge in [-0.3, -0.25) is 19.3 Å². The van der Waals surface area contributed by atoms with Crippen LogP contribution in [0.25, 0.3) is 6.08 Å². The van der Waals surface area contributed by atoms with Gasteiger partial charge in [0.05, 0.1) is 35.4 Å². The number of carbonyl (C=O) groups excluding carboxylic acids is 4. The minimum atomic E-state index is -0.835. The molecular formula is C26H19Cl2FN4O7S. The number of nitrogens with one attached hydrogen (secondary N) is 1. The highest BCUT2D eigenvalue weighted by Gasteiger charge is 2.36. The number of imide groups is 1. The fourth-order valence-corrected chi connectivity index (χ4v) is 4.63. The van der Waals surface area contributed by atoms with Crippen molar-refractivity contribution in [1.82, 2.24) is 14.9 Å². The average Bonchev–Trinajstić information content (AvgIpc) is 3.19. The Morgan fingerprint density at radius 3 is 2.66 bits per heavy atom. The summed E-state index contributed by atoms with van der Waals surface area (Å²) in [6.45, 7) is 1.41. The van der Waals surface area contributed by atoms with Crippen molar-refractivity contribution >= 4 is 69.8 Å². The third-order valence-electron chi connectivity index (χ3n) is 5.29. The molecule has 1 saturated heterocycles. The number of thioether (sulfide) groups is 1. The molecule has 0 radical (unpaired) electrons. The van der Waals surface area contributed by atoms with Gasteiger partial charge in [-0.15, -0.1) is 0 Å². The van der Waals surface area contributed by atoms with Crippen molar-refractivity contribution in [2.45, 2.75) is 6.92 Å². The number of nitrogens with zero attached hydrogens (tertiary/aromatic N) is 3. The van der Waals surface area contributed by atoms with E-state index in [1.807, 2.05) is 0 Å². The van der Waals surface area contributed by atoms with Crippen LogP contribution in [0, 0.1) is 5.82 Å². The van der Waals surface area contributed by atoms with Gasteiger partial charge in [-0.05, 0) is 72.3 Å². The van der Waals surface area contributed by atoms with Crippen molar-refractivity contribution in [2.75, 3.05) is 25.6 Å². The lowest BCUT2D eigenvalue weighted by atomic mass is 10.2. The molecule has 1 fully saturated rings. The Bertz CT molecular complexity index is 1590. The Hall–Kier alpha value is -4.20. The molecule has 0 aliphatic carbocycles. The number of esters is 1. The second kappa shape index (κ2) is 13.0. The second-order valence-corrected chi connectivity index (χ2v) is 9.77. The number of aromatic nitrogens is 2. The first-order valence-corrected chi connectivity index (χ1v) is 13.2. The smallest absolute Gasteiger partial charge is 0.339 e. The molecule has 1 aliphatic heterocycles. The number of hydrogen-bond acceptors (Lipinski definition) is 10. The number of methoxy groups -OCH3 is 1. The van der Waals surface area contributed by atoms with Gasteiger partial charge in [0.2, 0.25) is 17.0 Å². The third kappa shape index (κ3) is 7.12. The molecule has 0 atom stereocenters. The molecule has 4 rings (SSSR count). The molecule has 2 aromatic carbocycles. The molecule has 15 heteroatoms. The molecule has 41 heavy (non-hydrogen) atoms. The average molecular weight is 621 g/mol. The molecule has 1 N–H and O–H groups in total. The monoisotopic (exact) mass is 620 g/mol. The van der Waals surface area contributed by atoms with Crippen LogP contribution in [0.4, 0.5) is 14.9 Å². The maximum atomic E-state index is 14.0. The number of rotatable bonds is 9. The van der Waals surface area contributed by atoms with E-state index in [0.717, 1.165) is 11.1 Å².